The van der Waals surface area contributed by atoms with E-state index in [4.69, 9.17) is 11.5 Å². The molecule has 0 radical (unpaired) electrons. The van der Waals surface area contributed by atoms with Crippen molar-refractivity contribution in [3.05, 3.63) is 18.3 Å². The van der Waals surface area contributed by atoms with Crippen LogP contribution in [0.2, 0.25) is 0 Å². The third kappa shape index (κ3) is 1.61. The minimum atomic E-state index is 0.0435. The van der Waals surface area contributed by atoms with Gasteiger partial charge in [-0.15, -0.1) is 5.10 Å². The molecule has 1 aliphatic rings. The molecule has 0 unspecified atom stereocenters. The predicted octanol–water partition coefficient (Wildman–Crippen LogP) is -1.05. The van der Waals surface area contributed by atoms with E-state index in [2.05, 4.69) is 15.1 Å². The van der Waals surface area contributed by atoms with Crippen LogP contribution in [0, 0.1) is 0 Å². The lowest BCUT2D eigenvalue weighted by molar-refractivity contribution is 0.642. The summed E-state index contributed by atoms with van der Waals surface area (Å²) in [6, 6.07) is 3.86. The van der Waals surface area contributed by atoms with Gasteiger partial charge in [0.1, 0.15) is 0 Å². The van der Waals surface area contributed by atoms with Gasteiger partial charge in [0.05, 0.1) is 0 Å². The van der Waals surface area contributed by atoms with E-state index in [0.29, 0.717) is 0 Å². The Bertz CT molecular complexity index is 265. The lowest BCUT2D eigenvalue weighted by Crippen LogP contribution is -2.39. The lowest BCUT2D eigenvalue weighted by atomic mass is 10.2. The van der Waals surface area contributed by atoms with Crippen molar-refractivity contribution in [2.45, 2.75) is 12.1 Å². The standard InChI is InChI=1S/C8H13N5/c9-6-4-13(5-7(6)10)8-2-1-3-11-12-8/h1-3,6-7H,4-5,9-10H2/t6-,7+. The van der Waals surface area contributed by atoms with E-state index in [1.165, 1.54) is 0 Å². The smallest absolute Gasteiger partial charge is 0.151 e. The van der Waals surface area contributed by atoms with E-state index in [9.17, 15) is 0 Å². The highest BCUT2D eigenvalue weighted by Gasteiger charge is 2.27. The van der Waals surface area contributed by atoms with Gasteiger partial charge in [0.15, 0.2) is 5.82 Å². The number of hydrogen-bond donors (Lipinski definition) is 2. The van der Waals surface area contributed by atoms with Crippen molar-refractivity contribution in [1.29, 1.82) is 0 Å². The van der Waals surface area contributed by atoms with Gasteiger partial charge in [-0.25, -0.2) is 0 Å². The molecule has 2 atom stereocenters. The second-order valence-corrected chi connectivity index (χ2v) is 3.31. The molecule has 0 spiro atoms. The van der Waals surface area contributed by atoms with Gasteiger partial charge in [-0.1, -0.05) is 0 Å². The van der Waals surface area contributed by atoms with Crippen LogP contribution in [-0.2, 0) is 0 Å². The summed E-state index contributed by atoms with van der Waals surface area (Å²) in [4.78, 5) is 2.06. The van der Waals surface area contributed by atoms with Crippen LogP contribution in [0.5, 0.6) is 0 Å². The van der Waals surface area contributed by atoms with Crippen LogP contribution in [0.25, 0.3) is 0 Å². The van der Waals surface area contributed by atoms with Gasteiger partial charge in [0.25, 0.3) is 0 Å². The van der Waals surface area contributed by atoms with E-state index < -0.39 is 0 Å². The summed E-state index contributed by atoms with van der Waals surface area (Å²) in [5, 5.41) is 7.80. The fourth-order valence-electron chi connectivity index (χ4n) is 1.50. The first-order valence-electron chi connectivity index (χ1n) is 4.31. The zero-order valence-electron chi connectivity index (χ0n) is 7.30. The summed E-state index contributed by atoms with van der Waals surface area (Å²) in [6.45, 7) is 1.53. The quantitative estimate of drug-likeness (QED) is 0.575. The largest absolute Gasteiger partial charge is 0.352 e. The maximum absolute atomic E-state index is 5.79. The molecule has 0 saturated carbocycles. The van der Waals surface area contributed by atoms with Crippen LogP contribution in [0.4, 0.5) is 5.82 Å². The maximum atomic E-state index is 5.79. The summed E-state index contributed by atoms with van der Waals surface area (Å²) < 4.78 is 0. The number of rotatable bonds is 1. The summed E-state index contributed by atoms with van der Waals surface area (Å²) in [7, 11) is 0. The van der Waals surface area contributed by atoms with Gasteiger partial charge in [-0.2, -0.15) is 5.10 Å². The summed E-state index contributed by atoms with van der Waals surface area (Å²) in [5.41, 5.74) is 11.6. The fourth-order valence-corrected chi connectivity index (χ4v) is 1.50. The molecule has 13 heavy (non-hydrogen) atoms. The molecule has 5 heteroatoms. The van der Waals surface area contributed by atoms with Crippen molar-refractivity contribution in [1.82, 2.24) is 10.2 Å². The Hall–Kier alpha value is -1.20. The molecule has 1 aromatic rings. The van der Waals surface area contributed by atoms with Gasteiger partial charge < -0.3 is 16.4 Å². The molecule has 1 fully saturated rings. The molecule has 5 nitrogen and oxygen atoms in total. The molecule has 2 heterocycles. The van der Waals surface area contributed by atoms with Crippen LogP contribution >= 0.6 is 0 Å². The zero-order valence-corrected chi connectivity index (χ0v) is 7.30. The molecule has 1 saturated heterocycles. The molecule has 4 N–H and O–H groups in total. The molecule has 2 rings (SSSR count). The van der Waals surface area contributed by atoms with Gasteiger partial charge in [-0.05, 0) is 12.1 Å². The first kappa shape index (κ1) is 8.40. The Balaban J connectivity index is 2.12. The van der Waals surface area contributed by atoms with Gasteiger partial charge in [0, 0.05) is 31.4 Å². The minimum absolute atomic E-state index is 0.0435. The Morgan fingerprint density at radius 2 is 2.00 bits per heavy atom. The van der Waals surface area contributed by atoms with Crippen LogP contribution < -0.4 is 16.4 Å². The number of anilines is 1. The minimum Gasteiger partial charge on any atom is -0.352 e. The average Bonchev–Trinajstić information content (AvgIpc) is 2.49. The van der Waals surface area contributed by atoms with E-state index >= 15 is 0 Å². The van der Waals surface area contributed by atoms with Crippen molar-refractivity contribution in [3.8, 4) is 0 Å². The fraction of sp³-hybridized carbons (Fsp3) is 0.500. The van der Waals surface area contributed by atoms with Crippen molar-refractivity contribution in [3.63, 3.8) is 0 Å². The van der Waals surface area contributed by atoms with E-state index in [1.807, 2.05) is 12.1 Å². The second kappa shape index (κ2) is 3.27. The molecular weight excluding hydrogens is 166 g/mol. The lowest BCUT2D eigenvalue weighted by Gasteiger charge is -2.14. The summed E-state index contributed by atoms with van der Waals surface area (Å²) in [6.07, 6.45) is 1.65. The number of nitrogens with two attached hydrogens (primary N) is 2. The monoisotopic (exact) mass is 179 g/mol. The Morgan fingerprint density at radius 1 is 1.31 bits per heavy atom. The van der Waals surface area contributed by atoms with Gasteiger partial charge in [0.2, 0.25) is 0 Å². The molecular formula is C8H13N5. The van der Waals surface area contributed by atoms with E-state index in [0.717, 1.165) is 18.9 Å². The Labute approximate surface area is 76.7 Å². The number of nitrogens with zero attached hydrogens (tertiary/aromatic N) is 3. The highest BCUT2D eigenvalue weighted by Crippen LogP contribution is 2.14. The molecule has 1 aliphatic heterocycles. The van der Waals surface area contributed by atoms with Gasteiger partial charge in [-0.3, -0.25) is 0 Å². The van der Waals surface area contributed by atoms with Crippen molar-refractivity contribution in [2.24, 2.45) is 11.5 Å². The SMILES string of the molecule is N[C@@H]1CN(c2cccnn2)C[C@@H]1N. The zero-order chi connectivity index (χ0) is 9.26. The molecule has 1 aromatic heterocycles. The summed E-state index contributed by atoms with van der Waals surface area (Å²) >= 11 is 0. The van der Waals surface area contributed by atoms with Crippen molar-refractivity contribution in [2.75, 3.05) is 18.0 Å². The molecule has 0 aliphatic carbocycles. The van der Waals surface area contributed by atoms with E-state index in [1.54, 1.807) is 6.20 Å². The topological polar surface area (TPSA) is 81.1 Å². The number of aromatic nitrogens is 2. The third-order valence-corrected chi connectivity index (χ3v) is 2.29. The van der Waals surface area contributed by atoms with Crippen LogP contribution in [0.3, 0.4) is 0 Å². The highest BCUT2D eigenvalue weighted by molar-refractivity contribution is 5.39. The predicted molar refractivity (Wildman–Crippen MR) is 50.2 cm³/mol. The molecule has 0 bridgehead atoms. The highest BCUT2D eigenvalue weighted by atomic mass is 15.3. The third-order valence-electron chi connectivity index (χ3n) is 2.29. The first-order valence-corrected chi connectivity index (χ1v) is 4.31. The van der Waals surface area contributed by atoms with Crippen LogP contribution in [-0.4, -0.2) is 35.4 Å². The van der Waals surface area contributed by atoms with Crippen LogP contribution in [0.1, 0.15) is 0 Å². The average molecular weight is 179 g/mol. The van der Waals surface area contributed by atoms with Crippen molar-refractivity contribution < 1.29 is 0 Å². The Kier molecular flexibility index (Phi) is 2.12. The normalized spacial score (nSPS) is 28.0. The maximum Gasteiger partial charge on any atom is 0.151 e. The molecule has 0 amide bonds. The van der Waals surface area contributed by atoms with Gasteiger partial charge >= 0.3 is 0 Å². The van der Waals surface area contributed by atoms with Crippen molar-refractivity contribution >= 4 is 5.82 Å². The first-order chi connectivity index (χ1) is 6.27. The van der Waals surface area contributed by atoms with Crippen LogP contribution in [0.15, 0.2) is 18.3 Å². The van der Waals surface area contributed by atoms with E-state index in [-0.39, 0.29) is 12.1 Å². The summed E-state index contributed by atoms with van der Waals surface area (Å²) in [5.74, 6) is 0.853. The molecule has 70 valence electrons. The Morgan fingerprint density at radius 3 is 2.54 bits per heavy atom. The second-order valence-electron chi connectivity index (χ2n) is 3.31. The molecule has 0 aromatic carbocycles. The number of hydrogen-bond acceptors (Lipinski definition) is 5.